The van der Waals surface area contributed by atoms with E-state index in [1.807, 2.05) is 0 Å². The summed E-state index contributed by atoms with van der Waals surface area (Å²) < 4.78 is 46.6. The fourth-order valence-corrected chi connectivity index (χ4v) is 3.18. The predicted octanol–water partition coefficient (Wildman–Crippen LogP) is 4.12. The number of aromatic nitrogens is 2. The van der Waals surface area contributed by atoms with Crippen molar-refractivity contribution in [2.24, 2.45) is 0 Å². The molecule has 0 saturated carbocycles. The maximum atomic E-state index is 13.4. The van der Waals surface area contributed by atoms with E-state index in [0.29, 0.717) is 17.1 Å². The van der Waals surface area contributed by atoms with Crippen LogP contribution in [0.2, 0.25) is 0 Å². The van der Waals surface area contributed by atoms with Gasteiger partial charge < -0.3 is 4.74 Å². The smallest absolute Gasteiger partial charge is 0.433 e. The summed E-state index contributed by atoms with van der Waals surface area (Å²) in [5, 5.41) is 4.04. The number of carbonyl (C=O) groups is 2. The summed E-state index contributed by atoms with van der Waals surface area (Å²) in [7, 11) is 0. The van der Waals surface area contributed by atoms with E-state index in [2.05, 4.69) is 5.10 Å². The van der Waals surface area contributed by atoms with Gasteiger partial charge in [0.25, 0.3) is 0 Å². The molecule has 0 aliphatic carbocycles. The number of amides is 2. The third-order valence-corrected chi connectivity index (χ3v) is 4.58. The maximum Gasteiger partial charge on any atom is 0.433 e. The molecule has 1 saturated heterocycles. The van der Waals surface area contributed by atoms with Crippen LogP contribution in [0.5, 0.6) is 5.75 Å². The molecule has 30 heavy (non-hydrogen) atoms. The van der Waals surface area contributed by atoms with Gasteiger partial charge in [0.1, 0.15) is 23.7 Å². The van der Waals surface area contributed by atoms with Crippen LogP contribution in [0.1, 0.15) is 24.2 Å². The Morgan fingerprint density at radius 3 is 2.13 bits per heavy atom. The molecule has 4 rings (SSSR count). The standard InChI is InChI=1S/C21H16F3N3O3/c22-21(23,24)18-12-14(25-27(18)16-4-2-1-3-5-16)13-30-17-8-6-15(7-9-17)26-19(28)10-11-20(26)29/h1-9,12H,10-11,13H2. The minimum atomic E-state index is -4.57. The van der Waals surface area contributed by atoms with Crippen molar-refractivity contribution in [3.05, 3.63) is 72.1 Å². The molecule has 2 aromatic carbocycles. The van der Waals surface area contributed by atoms with Crippen LogP contribution in [0.3, 0.4) is 0 Å². The number of ether oxygens (including phenoxy) is 1. The monoisotopic (exact) mass is 415 g/mol. The Balaban J connectivity index is 1.51. The average Bonchev–Trinajstić information content (AvgIpc) is 3.31. The molecule has 2 heterocycles. The van der Waals surface area contributed by atoms with Gasteiger partial charge in [-0.25, -0.2) is 4.68 Å². The van der Waals surface area contributed by atoms with Crippen molar-refractivity contribution in [3.8, 4) is 11.4 Å². The Bertz CT molecular complexity index is 1060. The molecule has 1 fully saturated rings. The summed E-state index contributed by atoms with van der Waals surface area (Å²) in [6, 6.07) is 15.2. The number of hydrogen-bond acceptors (Lipinski definition) is 4. The highest BCUT2D eigenvalue weighted by atomic mass is 19.4. The van der Waals surface area contributed by atoms with Crippen molar-refractivity contribution >= 4 is 17.5 Å². The predicted molar refractivity (Wildman–Crippen MR) is 101 cm³/mol. The fourth-order valence-electron chi connectivity index (χ4n) is 3.18. The van der Waals surface area contributed by atoms with Crippen LogP contribution in [0.4, 0.5) is 18.9 Å². The van der Waals surface area contributed by atoms with E-state index in [1.54, 1.807) is 42.5 Å². The first-order chi connectivity index (χ1) is 14.3. The summed E-state index contributed by atoms with van der Waals surface area (Å²) >= 11 is 0. The van der Waals surface area contributed by atoms with Crippen LogP contribution in [0.25, 0.3) is 5.69 Å². The second kappa shape index (κ2) is 7.66. The number of carbonyl (C=O) groups excluding carboxylic acids is 2. The molecule has 0 spiro atoms. The van der Waals surface area contributed by atoms with Crippen LogP contribution in [0, 0.1) is 0 Å². The lowest BCUT2D eigenvalue weighted by atomic mass is 10.2. The first kappa shape index (κ1) is 19.7. The Morgan fingerprint density at radius 1 is 0.900 bits per heavy atom. The third kappa shape index (κ3) is 3.91. The van der Waals surface area contributed by atoms with Gasteiger partial charge in [-0.2, -0.15) is 18.3 Å². The van der Waals surface area contributed by atoms with Crippen LogP contribution < -0.4 is 9.64 Å². The van der Waals surface area contributed by atoms with Gasteiger partial charge in [0.2, 0.25) is 11.8 Å². The number of para-hydroxylation sites is 1. The normalized spacial score (nSPS) is 14.4. The molecule has 3 aromatic rings. The zero-order valence-corrected chi connectivity index (χ0v) is 15.6. The summed E-state index contributed by atoms with van der Waals surface area (Å²) in [5.74, 6) is -0.153. The minimum absolute atomic E-state index is 0.111. The van der Waals surface area contributed by atoms with Crippen LogP contribution in [0.15, 0.2) is 60.7 Å². The second-order valence-corrected chi connectivity index (χ2v) is 6.67. The quantitative estimate of drug-likeness (QED) is 0.588. The van der Waals surface area contributed by atoms with E-state index < -0.39 is 11.9 Å². The lowest BCUT2D eigenvalue weighted by Crippen LogP contribution is -2.28. The average molecular weight is 415 g/mol. The second-order valence-electron chi connectivity index (χ2n) is 6.67. The fraction of sp³-hybridized carbons (Fsp3) is 0.190. The largest absolute Gasteiger partial charge is 0.487 e. The van der Waals surface area contributed by atoms with E-state index in [1.165, 1.54) is 12.1 Å². The lowest BCUT2D eigenvalue weighted by molar-refractivity contribution is -0.142. The Labute approximate surface area is 169 Å². The van der Waals surface area contributed by atoms with Gasteiger partial charge >= 0.3 is 6.18 Å². The molecule has 2 amide bonds. The molecular formula is C21H16F3N3O3. The number of anilines is 1. The van der Waals surface area contributed by atoms with Crippen LogP contribution in [-0.2, 0) is 22.4 Å². The Kier molecular flexibility index (Phi) is 5.03. The molecule has 154 valence electrons. The topological polar surface area (TPSA) is 64.4 Å². The van der Waals surface area contributed by atoms with Crippen molar-refractivity contribution in [2.75, 3.05) is 4.90 Å². The van der Waals surface area contributed by atoms with E-state index in [9.17, 15) is 22.8 Å². The van der Waals surface area contributed by atoms with Gasteiger partial charge in [-0.1, -0.05) is 18.2 Å². The van der Waals surface area contributed by atoms with Crippen LogP contribution >= 0.6 is 0 Å². The molecule has 6 nitrogen and oxygen atoms in total. The van der Waals surface area contributed by atoms with Crippen molar-refractivity contribution in [1.82, 2.24) is 9.78 Å². The first-order valence-electron chi connectivity index (χ1n) is 9.13. The van der Waals surface area contributed by atoms with E-state index in [-0.39, 0.29) is 37.0 Å². The van der Waals surface area contributed by atoms with Crippen LogP contribution in [-0.4, -0.2) is 21.6 Å². The molecule has 0 N–H and O–H groups in total. The minimum Gasteiger partial charge on any atom is -0.487 e. The van der Waals surface area contributed by atoms with Gasteiger partial charge in [-0.05, 0) is 42.5 Å². The molecule has 0 radical (unpaired) electrons. The number of hydrogen-bond donors (Lipinski definition) is 0. The molecule has 0 unspecified atom stereocenters. The summed E-state index contributed by atoms with van der Waals surface area (Å²) in [5.41, 5.74) is -0.0585. The number of alkyl halides is 3. The Morgan fingerprint density at radius 2 is 1.53 bits per heavy atom. The van der Waals surface area contributed by atoms with Gasteiger partial charge in [0.05, 0.1) is 11.4 Å². The first-order valence-corrected chi connectivity index (χ1v) is 9.13. The molecule has 0 bridgehead atoms. The number of rotatable bonds is 5. The zero-order valence-electron chi connectivity index (χ0n) is 15.6. The SMILES string of the molecule is O=C1CCC(=O)N1c1ccc(OCc2cc(C(F)(F)F)n(-c3ccccc3)n2)cc1. The van der Waals surface area contributed by atoms with Gasteiger partial charge in [0.15, 0.2) is 0 Å². The molecule has 9 heteroatoms. The third-order valence-electron chi connectivity index (χ3n) is 4.58. The van der Waals surface area contributed by atoms with Crippen molar-refractivity contribution in [3.63, 3.8) is 0 Å². The highest BCUT2D eigenvalue weighted by molar-refractivity contribution is 6.19. The molecule has 1 aliphatic heterocycles. The molecule has 1 aliphatic rings. The summed E-state index contributed by atoms with van der Waals surface area (Å²) in [6.45, 7) is -0.177. The number of nitrogens with zero attached hydrogens (tertiary/aromatic N) is 3. The lowest BCUT2D eigenvalue weighted by Gasteiger charge is -2.14. The van der Waals surface area contributed by atoms with Gasteiger partial charge in [-0.15, -0.1) is 0 Å². The van der Waals surface area contributed by atoms with E-state index in [0.717, 1.165) is 15.6 Å². The number of halogens is 3. The van der Waals surface area contributed by atoms with Crippen molar-refractivity contribution in [1.29, 1.82) is 0 Å². The van der Waals surface area contributed by atoms with E-state index in [4.69, 9.17) is 4.74 Å². The number of imide groups is 1. The maximum absolute atomic E-state index is 13.4. The summed E-state index contributed by atoms with van der Waals surface area (Å²) in [6.07, 6.45) is -4.21. The molecule has 1 aromatic heterocycles. The van der Waals surface area contributed by atoms with Crippen molar-refractivity contribution < 1.29 is 27.5 Å². The molecular weight excluding hydrogens is 399 g/mol. The molecule has 0 atom stereocenters. The number of benzene rings is 2. The van der Waals surface area contributed by atoms with E-state index >= 15 is 0 Å². The van der Waals surface area contributed by atoms with Crippen molar-refractivity contribution in [2.45, 2.75) is 25.6 Å². The van der Waals surface area contributed by atoms with Gasteiger partial charge in [0, 0.05) is 12.8 Å². The highest BCUT2D eigenvalue weighted by Gasteiger charge is 2.36. The Hall–Kier alpha value is -3.62. The summed E-state index contributed by atoms with van der Waals surface area (Å²) in [4.78, 5) is 24.7. The zero-order chi connectivity index (χ0) is 21.3. The highest BCUT2D eigenvalue weighted by Crippen LogP contribution is 2.32. The van der Waals surface area contributed by atoms with Gasteiger partial charge in [-0.3, -0.25) is 14.5 Å².